The van der Waals surface area contributed by atoms with Gasteiger partial charge in [0.05, 0.1) is 10.6 Å². The SMILES string of the molecule is Cc1c(N)cc(S(=O)(=O)N(C)c2ccccc2)cc1F. The quantitative estimate of drug-likeness (QED) is 0.885. The molecule has 0 unspecified atom stereocenters. The van der Waals surface area contributed by atoms with Gasteiger partial charge in [-0.2, -0.15) is 0 Å². The third-order valence-corrected chi connectivity index (χ3v) is 4.90. The van der Waals surface area contributed by atoms with Crippen LogP contribution in [0.15, 0.2) is 47.4 Å². The van der Waals surface area contributed by atoms with Crippen LogP contribution in [0.2, 0.25) is 0 Å². The van der Waals surface area contributed by atoms with Crippen molar-refractivity contribution in [2.45, 2.75) is 11.8 Å². The number of nitrogen functional groups attached to an aromatic ring is 1. The van der Waals surface area contributed by atoms with E-state index in [1.165, 1.54) is 20.0 Å². The topological polar surface area (TPSA) is 63.4 Å². The number of nitrogens with two attached hydrogens (primary N) is 1. The number of nitrogens with zero attached hydrogens (tertiary/aromatic N) is 1. The van der Waals surface area contributed by atoms with Gasteiger partial charge in [-0.05, 0) is 31.2 Å². The van der Waals surface area contributed by atoms with Crippen LogP contribution in [0, 0.1) is 12.7 Å². The van der Waals surface area contributed by atoms with E-state index in [-0.39, 0.29) is 16.1 Å². The van der Waals surface area contributed by atoms with E-state index in [2.05, 4.69) is 0 Å². The zero-order chi connectivity index (χ0) is 14.9. The van der Waals surface area contributed by atoms with Crippen LogP contribution >= 0.6 is 0 Å². The van der Waals surface area contributed by atoms with Crippen LogP contribution in [0.5, 0.6) is 0 Å². The van der Waals surface area contributed by atoms with Crippen LogP contribution in [0.1, 0.15) is 5.56 Å². The van der Waals surface area contributed by atoms with Gasteiger partial charge in [-0.3, -0.25) is 4.31 Å². The summed E-state index contributed by atoms with van der Waals surface area (Å²) >= 11 is 0. The van der Waals surface area contributed by atoms with Gasteiger partial charge in [0.25, 0.3) is 10.0 Å². The molecule has 0 aliphatic rings. The molecule has 6 heteroatoms. The zero-order valence-corrected chi connectivity index (χ0v) is 12.0. The van der Waals surface area contributed by atoms with Gasteiger partial charge < -0.3 is 5.73 Å². The maximum Gasteiger partial charge on any atom is 0.264 e. The van der Waals surface area contributed by atoms with Gasteiger partial charge in [0, 0.05) is 18.3 Å². The number of sulfonamides is 1. The lowest BCUT2D eigenvalue weighted by molar-refractivity contribution is 0.588. The highest BCUT2D eigenvalue weighted by Crippen LogP contribution is 2.26. The number of halogens is 1. The van der Waals surface area contributed by atoms with E-state index < -0.39 is 15.8 Å². The van der Waals surface area contributed by atoms with Crippen LogP contribution in [0.25, 0.3) is 0 Å². The molecule has 4 nitrogen and oxygen atoms in total. The van der Waals surface area contributed by atoms with Crippen molar-refractivity contribution in [3.8, 4) is 0 Å². The normalized spacial score (nSPS) is 11.3. The van der Waals surface area contributed by atoms with Gasteiger partial charge in [-0.1, -0.05) is 18.2 Å². The summed E-state index contributed by atoms with van der Waals surface area (Å²) in [6, 6.07) is 10.8. The smallest absolute Gasteiger partial charge is 0.264 e. The molecule has 0 saturated carbocycles. The Morgan fingerprint density at radius 1 is 1.15 bits per heavy atom. The lowest BCUT2D eigenvalue weighted by Gasteiger charge is -2.20. The summed E-state index contributed by atoms with van der Waals surface area (Å²) in [5.41, 5.74) is 6.48. The monoisotopic (exact) mass is 294 g/mol. The molecule has 0 radical (unpaired) electrons. The second kappa shape index (κ2) is 5.13. The number of hydrogen-bond acceptors (Lipinski definition) is 3. The molecule has 0 spiro atoms. The number of hydrogen-bond donors (Lipinski definition) is 1. The first-order valence-electron chi connectivity index (χ1n) is 5.93. The van der Waals surface area contributed by atoms with Crippen molar-refractivity contribution < 1.29 is 12.8 Å². The number of benzene rings is 2. The molecule has 20 heavy (non-hydrogen) atoms. The predicted octanol–water partition coefficient (Wildman–Crippen LogP) is 2.54. The average Bonchev–Trinajstić information content (AvgIpc) is 2.44. The summed E-state index contributed by atoms with van der Waals surface area (Å²) in [7, 11) is -2.43. The van der Waals surface area contributed by atoms with E-state index in [9.17, 15) is 12.8 Å². The maximum atomic E-state index is 13.7. The van der Waals surface area contributed by atoms with E-state index >= 15 is 0 Å². The minimum Gasteiger partial charge on any atom is -0.398 e. The van der Waals surface area contributed by atoms with Crippen LogP contribution in [0.4, 0.5) is 15.8 Å². The van der Waals surface area contributed by atoms with Gasteiger partial charge in [0.15, 0.2) is 0 Å². The van der Waals surface area contributed by atoms with Crippen LogP contribution in [-0.2, 0) is 10.0 Å². The molecule has 0 bridgehead atoms. The molecule has 0 amide bonds. The minimum absolute atomic E-state index is 0.116. The second-order valence-corrected chi connectivity index (χ2v) is 6.40. The van der Waals surface area contributed by atoms with E-state index in [1.54, 1.807) is 30.3 Å². The van der Waals surface area contributed by atoms with Gasteiger partial charge in [0.2, 0.25) is 0 Å². The lowest BCUT2D eigenvalue weighted by Crippen LogP contribution is -2.26. The highest BCUT2D eigenvalue weighted by atomic mass is 32.2. The molecule has 2 N–H and O–H groups in total. The molecule has 0 aliphatic heterocycles. The lowest BCUT2D eigenvalue weighted by atomic mass is 10.2. The molecule has 0 heterocycles. The molecule has 106 valence electrons. The predicted molar refractivity (Wildman–Crippen MR) is 77.6 cm³/mol. The van der Waals surface area contributed by atoms with Crippen LogP contribution in [0.3, 0.4) is 0 Å². The molecule has 2 aromatic carbocycles. The second-order valence-electron chi connectivity index (χ2n) is 4.43. The Hall–Kier alpha value is -2.08. The van der Waals surface area contributed by atoms with Crippen molar-refractivity contribution in [1.29, 1.82) is 0 Å². The van der Waals surface area contributed by atoms with Crippen molar-refractivity contribution in [1.82, 2.24) is 0 Å². The Labute approximate surface area is 117 Å². The van der Waals surface area contributed by atoms with E-state index in [1.807, 2.05) is 0 Å². The summed E-state index contributed by atoms with van der Waals surface area (Å²) in [6.07, 6.45) is 0. The molecular formula is C14H15FN2O2S. The fraction of sp³-hybridized carbons (Fsp3) is 0.143. The van der Waals surface area contributed by atoms with E-state index in [0.29, 0.717) is 5.69 Å². The van der Waals surface area contributed by atoms with Crippen molar-refractivity contribution in [3.05, 3.63) is 53.8 Å². The highest BCUT2D eigenvalue weighted by molar-refractivity contribution is 7.92. The van der Waals surface area contributed by atoms with Gasteiger partial charge >= 0.3 is 0 Å². The van der Waals surface area contributed by atoms with Gasteiger partial charge in [-0.25, -0.2) is 12.8 Å². The van der Waals surface area contributed by atoms with E-state index in [4.69, 9.17) is 5.73 Å². The fourth-order valence-electron chi connectivity index (χ4n) is 1.76. The van der Waals surface area contributed by atoms with Crippen molar-refractivity contribution in [2.75, 3.05) is 17.1 Å². The number of anilines is 2. The molecule has 2 aromatic rings. The Kier molecular flexibility index (Phi) is 3.67. The fourth-order valence-corrected chi connectivity index (χ4v) is 3.00. The Balaban J connectivity index is 2.51. The Morgan fingerprint density at radius 2 is 1.75 bits per heavy atom. The molecule has 0 fully saturated rings. The molecule has 0 atom stereocenters. The van der Waals surface area contributed by atoms with Gasteiger partial charge in [0.1, 0.15) is 5.82 Å². The number of rotatable bonds is 3. The summed E-state index contributed by atoms with van der Waals surface area (Å²) in [6.45, 7) is 1.50. The number of para-hydroxylation sites is 1. The third kappa shape index (κ3) is 2.46. The average molecular weight is 294 g/mol. The zero-order valence-electron chi connectivity index (χ0n) is 11.2. The molecular weight excluding hydrogens is 279 g/mol. The largest absolute Gasteiger partial charge is 0.398 e. The van der Waals surface area contributed by atoms with E-state index in [0.717, 1.165) is 10.4 Å². The summed E-state index contributed by atoms with van der Waals surface area (Å²) in [5, 5.41) is 0. The Bertz CT molecular complexity index is 707. The van der Waals surface area contributed by atoms with Gasteiger partial charge in [-0.15, -0.1) is 0 Å². The molecule has 2 rings (SSSR count). The minimum atomic E-state index is -3.84. The first-order valence-corrected chi connectivity index (χ1v) is 7.37. The third-order valence-electron chi connectivity index (χ3n) is 3.14. The first kappa shape index (κ1) is 14.3. The molecule has 0 aromatic heterocycles. The molecule has 0 saturated heterocycles. The van der Waals surface area contributed by atoms with Crippen molar-refractivity contribution >= 4 is 21.4 Å². The maximum absolute atomic E-state index is 13.7. The van der Waals surface area contributed by atoms with Crippen molar-refractivity contribution in [2.24, 2.45) is 0 Å². The van der Waals surface area contributed by atoms with Crippen LogP contribution in [-0.4, -0.2) is 15.5 Å². The van der Waals surface area contributed by atoms with Crippen LogP contribution < -0.4 is 10.0 Å². The summed E-state index contributed by atoms with van der Waals surface area (Å²) < 4.78 is 39.7. The Morgan fingerprint density at radius 3 is 2.30 bits per heavy atom. The van der Waals surface area contributed by atoms with Crippen molar-refractivity contribution in [3.63, 3.8) is 0 Å². The standard InChI is InChI=1S/C14H15FN2O2S/c1-10-13(15)8-12(9-14(10)16)20(18,19)17(2)11-6-4-3-5-7-11/h3-9H,16H2,1-2H3. The summed E-state index contributed by atoms with van der Waals surface area (Å²) in [5.74, 6) is -0.634. The molecule has 0 aliphatic carbocycles. The first-order chi connectivity index (χ1) is 9.34. The summed E-state index contributed by atoms with van der Waals surface area (Å²) in [4.78, 5) is -0.163. The highest BCUT2D eigenvalue weighted by Gasteiger charge is 2.23.